The van der Waals surface area contributed by atoms with Crippen LogP contribution in [0.3, 0.4) is 0 Å². The molecule has 4 heteroatoms. The molecule has 0 spiro atoms. The zero-order chi connectivity index (χ0) is 11.5. The fourth-order valence-corrected chi connectivity index (χ4v) is 2.78. The van der Waals surface area contributed by atoms with Crippen LogP contribution < -0.4 is 5.32 Å². The first-order chi connectivity index (χ1) is 7.68. The van der Waals surface area contributed by atoms with Crippen LogP contribution >= 0.6 is 0 Å². The molecule has 0 saturated carbocycles. The Labute approximate surface area is 98.0 Å². The van der Waals surface area contributed by atoms with E-state index in [4.69, 9.17) is 0 Å². The molecule has 92 valence electrons. The summed E-state index contributed by atoms with van der Waals surface area (Å²) in [5, 5.41) is 3.28. The smallest absolute Gasteiger partial charge is 0.239 e. The topological polar surface area (TPSA) is 35.6 Å². The van der Waals surface area contributed by atoms with Gasteiger partial charge in [-0.3, -0.25) is 4.79 Å². The number of likely N-dealkylation sites (N-methyl/N-ethyl adjacent to an activating group) is 2. The summed E-state index contributed by atoms with van der Waals surface area (Å²) in [4.78, 5) is 16.5. The normalized spacial score (nSPS) is 31.6. The van der Waals surface area contributed by atoms with Crippen molar-refractivity contribution in [3.05, 3.63) is 0 Å². The predicted octanol–water partition coefficient (Wildman–Crippen LogP) is 0.291. The molecule has 2 atom stereocenters. The van der Waals surface area contributed by atoms with Gasteiger partial charge in [0.05, 0.1) is 6.04 Å². The van der Waals surface area contributed by atoms with Crippen LogP contribution in [0.25, 0.3) is 0 Å². The monoisotopic (exact) mass is 225 g/mol. The molecule has 16 heavy (non-hydrogen) atoms. The second-order valence-electron chi connectivity index (χ2n) is 5.16. The number of carbonyl (C=O) groups excluding carboxylic acids is 1. The third-order valence-electron chi connectivity index (χ3n) is 3.85. The van der Waals surface area contributed by atoms with E-state index in [2.05, 4.69) is 17.3 Å². The third-order valence-corrected chi connectivity index (χ3v) is 3.85. The molecule has 0 bridgehead atoms. The number of rotatable bonds is 2. The molecule has 2 saturated heterocycles. The van der Waals surface area contributed by atoms with Crippen LogP contribution in [0, 0.1) is 0 Å². The summed E-state index contributed by atoms with van der Waals surface area (Å²) in [5.41, 5.74) is 0. The summed E-state index contributed by atoms with van der Waals surface area (Å²) in [6.45, 7) is 3.18. The molecule has 1 amide bonds. The van der Waals surface area contributed by atoms with E-state index >= 15 is 0 Å². The summed E-state index contributed by atoms with van der Waals surface area (Å²) in [6, 6.07) is 0.492. The molecule has 2 aliphatic heterocycles. The minimum Gasteiger partial charge on any atom is -0.340 e. The van der Waals surface area contributed by atoms with E-state index in [1.807, 2.05) is 11.9 Å². The van der Waals surface area contributed by atoms with Gasteiger partial charge in [-0.05, 0) is 45.8 Å². The first kappa shape index (κ1) is 11.9. The largest absolute Gasteiger partial charge is 0.340 e. The van der Waals surface area contributed by atoms with Crippen LogP contribution in [0.4, 0.5) is 0 Å². The molecule has 2 unspecified atom stereocenters. The summed E-state index contributed by atoms with van der Waals surface area (Å²) in [5.74, 6) is 0.290. The number of piperidine rings is 1. The molecule has 2 fully saturated rings. The number of nitrogens with one attached hydrogen (secondary N) is 1. The number of hydrogen-bond donors (Lipinski definition) is 1. The van der Waals surface area contributed by atoms with Gasteiger partial charge in [-0.1, -0.05) is 0 Å². The van der Waals surface area contributed by atoms with E-state index in [0.29, 0.717) is 6.04 Å². The van der Waals surface area contributed by atoms with Crippen LogP contribution in [-0.4, -0.2) is 61.5 Å². The molecule has 2 aliphatic rings. The second-order valence-corrected chi connectivity index (χ2v) is 5.16. The Balaban J connectivity index is 1.89. The maximum Gasteiger partial charge on any atom is 0.239 e. The quantitative estimate of drug-likeness (QED) is 0.734. The zero-order valence-corrected chi connectivity index (χ0v) is 10.4. The van der Waals surface area contributed by atoms with Crippen LogP contribution in [0.2, 0.25) is 0 Å². The lowest BCUT2D eigenvalue weighted by atomic mass is 10.0. The second kappa shape index (κ2) is 5.15. The van der Waals surface area contributed by atoms with Crippen molar-refractivity contribution >= 4 is 5.91 Å². The maximum absolute atomic E-state index is 12.2. The molecule has 1 N–H and O–H groups in total. The number of nitrogens with zero attached hydrogens (tertiary/aromatic N) is 2. The SMILES string of the molecule is CN1CCCC(N(C)C(=O)C2CCCN2)C1. The van der Waals surface area contributed by atoms with Gasteiger partial charge >= 0.3 is 0 Å². The minimum atomic E-state index is 0.0808. The van der Waals surface area contributed by atoms with Crippen molar-refractivity contribution in [2.75, 3.05) is 33.7 Å². The Kier molecular flexibility index (Phi) is 3.82. The van der Waals surface area contributed by atoms with Gasteiger partial charge in [-0.25, -0.2) is 0 Å². The zero-order valence-electron chi connectivity index (χ0n) is 10.4. The highest BCUT2D eigenvalue weighted by Gasteiger charge is 2.30. The van der Waals surface area contributed by atoms with Crippen molar-refractivity contribution in [3.8, 4) is 0 Å². The first-order valence-electron chi connectivity index (χ1n) is 6.37. The first-order valence-corrected chi connectivity index (χ1v) is 6.37. The highest BCUT2D eigenvalue weighted by molar-refractivity contribution is 5.82. The van der Waals surface area contributed by atoms with E-state index in [0.717, 1.165) is 32.4 Å². The number of carbonyl (C=O) groups is 1. The van der Waals surface area contributed by atoms with E-state index in [1.165, 1.54) is 13.0 Å². The Hall–Kier alpha value is -0.610. The van der Waals surface area contributed by atoms with Gasteiger partial charge in [0.1, 0.15) is 0 Å². The van der Waals surface area contributed by atoms with Crippen LogP contribution in [0.1, 0.15) is 25.7 Å². The summed E-state index contributed by atoms with van der Waals surface area (Å²) < 4.78 is 0. The Bertz CT molecular complexity index is 251. The molecule has 2 heterocycles. The van der Waals surface area contributed by atoms with Crippen molar-refractivity contribution in [3.63, 3.8) is 0 Å². The lowest BCUT2D eigenvalue weighted by molar-refractivity contribution is -0.134. The van der Waals surface area contributed by atoms with Crippen LogP contribution in [-0.2, 0) is 4.79 Å². The van der Waals surface area contributed by atoms with Crippen molar-refractivity contribution < 1.29 is 4.79 Å². The van der Waals surface area contributed by atoms with Crippen molar-refractivity contribution in [2.24, 2.45) is 0 Å². The molecule has 0 radical (unpaired) electrons. The Morgan fingerprint density at radius 1 is 1.38 bits per heavy atom. The molecule has 0 aromatic heterocycles. The average Bonchev–Trinajstić information content (AvgIpc) is 2.80. The standard InChI is InChI=1S/C12H23N3O/c1-14-8-4-5-10(9-14)15(2)12(16)11-6-3-7-13-11/h10-11,13H,3-9H2,1-2H3. The van der Waals surface area contributed by atoms with Gasteiger partial charge in [-0.15, -0.1) is 0 Å². The molecule has 2 rings (SSSR count). The number of likely N-dealkylation sites (tertiary alicyclic amines) is 1. The fourth-order valence-electron chi connectivity index (χ4n) is 2.78. The van der Waals surface area contributed by atoms with Gasteiger partial charge in [0.2, 0.25) is 5.91 Å². The molecular weight excluding hydrogens is 202 g/mol. The number of hydrogen-bond acceptors (Lipinski definition) is 3. The maximum atomic E-state index is 12.2. The van der Waals surface area contributed by atoms with Crippen molar-refractivity contribution in [1.29, 1.82) is 0 Å². The highest BCUT2D eigenvalue weighted by Crippen LogP contribution is 2.16. The fraction of sp³-hybridized carbons (Fsp3) is 0.917. The van der Waals surface area contributed by atoms with E-state index < -0.39 is 0 Å². The summed E-state index contributed by atoms with van der Waals surface area (Å²) >= 11 is 0. The van der Waals surface area contributed by atoms with E-state index in [1.54, 1.807) is 0 Å². The highest BCUT2D eigenvalue weighted by atomic mass is 16.2. The molecule has 4 nitrogen and oxygen atoms in total. The van der Waals surface area contributed by atoms with Gasteiger partial charge in [0.25, 0.3) is 0 Å². The van der Waals surface area contributed by atoms with Gasteiger partial charge in [0, 0.05) is 19.6 Å². The predicted molar refractivity (Wildman–Crippen MR) is 64.3 cm³/mol. The van der Waals surface area contributed by atoms with Crippen molar-refractivity contribution in [2.45, 2.75) is 37.8 Å². The van der Waals surface area contributed by atoms with Crippen molar-refractivity contribution in [1.82, 2.24) is 15.1 Å². The summed E-state index contributed by atoms with van der Waals surface area (Å²) in [7, 11) is 4.10. The van der Waals surface area contributed by atoms with Gasteiger partial charge < -0.3 is 15.1 Å². The minimum absolute atomic E-state index is 0.0808. The van der Waals surface area contributed by atoms with E-state index in [9.17, 15) is 4.79 Å². The average molecular weight is 225 g/mol. The van der Waals surface area contributed by atoms with Gasteiger partial charge in [-0.2, -0.15) is 0 Å². The lowest BCUT2D eigenvalue weighted by Crippen LogP contribution is -2.51. The van der Waals surface area contributed by atoms with E-state index in [-0.39, 0.29) is 11.9 Å². The Morgan fingerprint density at radius 3 is 2.81 bits per heavy atom. The van der Waals surface area contributed by atoms with Gasteiger partial charge in [0.15, 0.2) is 0 Å². The lowest BCUT2D eigenvalue weighted by Gasteiger charge is -2.36. The molecule has 0 aliphatic carbocycles. The molecule has 0 aromatic carbocycles. The Morgan fingerprint density at radius 2 is 2.19 bits per heavy atom. The number of amides is 1. The van der Waals surface area contributed by atoms with Crippen LogP contribution in [0.15, 0.2) is 0 Å². The molecular formula is C12H23N3O. The van der Waals surface area contributed by atoms with Crippen LogP contribution in [0.5, 0.6) is 0 Å². The third kappa shape index (κ3) is 2.55. The summed E-state index contributed by atoms with van der Waals surface area (Å²) in [6.07, 6.45) is 4.50. The molecule has 0 aromatic rings.